The molecule has 0 amide bonds. The lowest BCUT2D eigenvalue weighted by Gasteiger charge is -2.34. The SMILES string of the molecule is CCCC1CCN(c2cccc(Br)c2C#N)CC1. The van der Waals surface area contributed by atoms with Gasteiger partial charge in [-0.25, -0.2) is 0 Å². The molecule has 3 heteroatoms. The molecular weight excluding hydrogens is 288 g/mol. The lowest BCUT2D eigenvalue weighted by Crippen LogP contribution is -2.34. The van der Waals surface area contributed by atoms with Gasteiger partial charge in [-0.1, -0.05) is 25.8 Å². The summed E-state index contributed by atoms with van der Waals surface area (Å²) in [6.07, 6.45) is 5.14. The highest BCUT2D eigenvalue weighted by Gasteiger charge is 2.21. The molecule has 1 fully saturated rings. The molecule has 0 aliphatic carbocycles. The van der Waals surface area contributed by atoms with Crippen molar-refractivity contribution in [3.63, 3.8) is 0 Å². The van der Waals surface area contributed by atoms with Crippen LogP contribution >= 0.6 is 15.9 Å². The zero-order valence-corrected chi connectivity index (χ0v) is 12.4. The van der Waals surface area contributed by atoms with E-state index >= 15 is 0 Å². The van der Waals surface area contributed by atoms with Gasteiger partial charge in [0, 0.05) is 17.6 Å². The van der Waals surface area contributed by atoms with Crippen LogP contribution in [-0.2, 0) is 0 Å². The van der Waals surface area contributed by atoms with Crippen LogP contribution in [0, 0.1) is 17.2 Å². The second-order valence-corrected chi connectivity index (χ2v) is 5.82. The Kier molecular flexibility index (Phi) is 4.66. The second kappa shape index (κ2) is 6.24. The van der Waals surface area contributed by atoms with Gasteiger partial charge < -0.3 is 4.90 Å². The van der Waals surface area contributed by atoms with E-state index in [-0.39, 0.29) is 0 Å². The lowest BCUT2D eigenvalue weighted by atomic mass is 9.92. The van der Waals surface area contributed by atoms with Crippen molar-refractivity contribution in [3.05, 3.63) is 28.2 Å². The van der Waals surface area contributed by atoms with Gasteiger partial charge >= 0.3 is 0 Å². The van der Waals surface area contributed by atoms with Gasteiger partial charge in [0.05, 0.1) is 11.3 Å². The van der Waals surface area contributed by atoms with Crippen molar-refractivity contribution in [2.75, 3.05) is 18.0 Å². The van der Waals surface area contributed by atoms with Crippen molar-refractivity contribution in [2.24, 2.45) is 5.92 Å². The third kappa shape index (κ3) is 2.87. The van der Waals surface area contributed by atoms with Crippen molar-refractivity contribution in [1.29, 1.82) is 5.26 Å². The van der Waals surface area contributed by atoms with E-state index in [4.69, 9.17) is 0 Å². The summed E-state index contributed by atoms with van der Waals surface area (Å²) in [5, 5.41) is 9.26. The summed E-state index contributed by atoms with van der Waals surface area (Å²) < 4.78 is 0.901. The highest BCUT2D eigenvalue weighted by molar-refractivity contribution is 9.10. The van der Waals surface area contributed by atoms with Crippen LogP contribution < -0.4 is 4.90 Å². The normalized spacial score (nSPS) is 16.6. The van der Waals surface area contributed by atoms with E-state index in [2.05, 4.69) is 39.9 Å². The molecular formula is C15H19BrN2. The van der Waals surface area contributed by atoms with Gasteiger partial charge in [0.15, 0.2) is 0 Å². The van der Waals surface area contributed by atoms with Crippen LogP contribution in [0.25, 0.3) is 0 Å². The van der Waals surface area contributed by atoms with Gasteiger partial charge in [0.2, 0.25) is 0 Å². The number of nitrogens with zero attached hydrogens (tertiary/aromatic N) is 2. The maximum absolute atomic E-state index is 9.26. The highest BCUT2D eigenvalue weighted by atomic mass is 79.9. The molecule has 1 saturated heterocycles. The van der Waals surface area contributed by atoms with Gasteiger partial charge in [0.1, 0.15) is 6.07 Å². The summed E-state index contributed by atoms with van der Waals surface area (Å²) in [4.78, 5) is 2.36. The number of rotatable bonds is 3. The molecule has 1 heterocycles. The number of hydrogen-bond acceptors (Lipinski definition) is 2. The van der Waals surface area contributed by atoms with E-state index in [1.807, 2.05) is 12.1 Å². The summed E-state index contributed by atoms with van der Waals surface area (Å²) in [5.74, 6) is 0.879. The van der Waals surface area contributed by atoms with Crippen molar-refractivity contribution >= 4 is 21.6 Å². The second-order valence-electron chi connectivity index (χ2n) is 4.96. The summed E-state index contributed by atoms with van der Waals surface area (Å²) in [6, 6.07) is 8.32. The Morgan fingerprint density at radius 2 is 2.11 bits per heavy atom. The molecule has 0 N–H and O–H groups in total. The molecule has 0 spiro atoms. The molecule has 1 aliphatic heterocycles. The topological polar surface area (TPSA) is 27.0 Å². The maximum atomic E-state index is 9.26. The average molecular weight is 307 g/mol. The molecule has 0 aromatic heterocycles. The first-order chi connectivity index (χ1) is 8.76. The van der Waals surface area contributed by atoms with Crippen LogP contribution in [0.15, 0.2) is 22.7 Å². The number of anilines is 1. The Labute approximate surface area is 118 Å². The lowest BCUT2D eigenvalue weighted by molar-refractivity contribution is 0.378. The van der Waals surface area contributed by atoms with Crippen molar-refractivity contribution < 1.29 is 0 Å². The summed E-state index contributed by atoms with van der Waals surface area (Å²) >= 11 is 3.46. The largest absolute Gasteiger partial charge is 0.370 e. The van der Waals surface area contributed by atoms with E-state index in [1.54, 1.807) is 0 Å². The van der Waals surface area contributed by atoms with Gasteiger partial charge in [-0.2, -0.15) is 5.26 Å². The average Bonchev–Trinajstić information content (AvgIpc) is 2.40. The van der Waals surface area contributed by atoms with Gasteiger partial charge in [-0.3, -0.25) is 0 Å². The first kappa shape index (κ1) is 13.4. The standard InChI is InChI=1S/C15H19BrN2/c1-2-4-12-7-9-18(10-8-12)15-6-3-5-14(16)13(15)11-17/h3,5-6,12H,2,4,7-10H2,1H3. The number of benzene rings is 1. The Balaban J connectivity index is 2.10. The molecule has 18 heavy (non-hydrogen) atoms. The van der Waals surface area contributed by atoms with Crippen molar-refractivity contribution in [1.82, 2.24) is 0 Å². The highest BCUT2D eigenvalue weighted by Crippen LogP contribution is 2.31. The Hall–Kier alpha value is -1.01. The van der Waals surface area contributed by atoms with Gasteiger partial charge in [-0.05, 0) is 46.8 Å². The van der Waals surface area contributed by atoms with E-state index in [9.17, 15) is 5.26 Å². The third-order valence-electron chi connectivity index (χ3n) is 3.76. The number of halogens is 1. The fourth-order valence-corrected chi connectivity index (χ4v) is 3.20. The van der Waals surface area contributed by atoms with Crippen molar-refractivity contribution in [2.45, 2.75) is 32.6 Å². The molecule has 1 aromatic rings. The summed E-state index contributed by atoms with van der Waals surface area (Å²) in [7, 11) is 0. The van der Waals surface area contributed by atoms with Gasteiger partial charge in [0.25, 0.3) is 0 Å². The molecule has 0 bridgehead atoms. The zero-order chi connectivity index (χ0) is 13.0. The Morgan fingerprint density at radius 3 is 2.72 bits per heavy atom. The maximum Gasteiger partial charge on any atom is 0.103 e. The quantitative estimate of drug-likeness (QED) is 0.830. The predicted molar refractivity (Wildman–Crippen MR) is 78.7 cm³/mol. The number of piperidine rings is 1. The van der Waals surface area contributed by atoms with E-state index in [0.29, 0.717) is 0 Å². The van der Waals surface area contributed by atoms with Crippen molar-refractivity contribution in [3.8, 4) is 6.07 Å². The minimum Gasteiger partial charge on any atom is -0.370 e. The molecule has 2 rings (SSSR count). The molecule has 0 atom stereocenters. The third-order valence-corrected chi connectivity index (χ3v) is 4.42. The minimum atomic E-state index is 0.770. The van der Waals surface area contributed by atoms with E-state index < -0.39 is 0 Å². The Bertz CT molecular complexity index is 442. The molecule has 0 saturated carbocycles. The first-order valence-corrected chi connectivity index (χ1v) is 7.49. The molecule has 1 aromatic carbocycles. The smallest absolute Gasteiger partial charge is 0.103 e. The van der Waals surface area contributed by atoms with Crippen LogP contribution in [-0.4, -0.2) is 13.1 Å². The zero-order valence-electron chi connectivity index (χ0n) is 10.8. The predicted octanol–water partition coefficient (Wildman–Crippen LogP) is 4.34. The van der Waals surface area contributed by atoms with Crippen LogP contribution in [0.4, 0.5) is 5.69 Å². The molecule has 0 unspecified atom stereocenters. The van der Waals surface area contributed by atoms with E-state index in [0.717, 1.165) is 34.7 Å². The number of hydrogen-bond donors (Lipinski definition) is 0. The van der Waals surface area contributed by atoms with Crippen LogP contribution in [0.3, 0.4) is 0 Å². The van der Waals surface area contributed by atoms with Gasteiger partial charge in [-0.15, -0.1) is 0 Å². The Morgan fingerprint density at radius 1 is 1.39 bits per heavy atom. The molecule has 1 aliphatic rings. The molecule has 2 nitrogen and oxygen atoms in total. The minimum absolute atomic E-state index is 0.770. The van der Waals surface area contributed by atoms with E-state index in [1.165, 1.54) is 25.7 Å². The molecule has 0 radical (unpaired) electrons. The fraction of sp³-hybridized carbons (Fsp3) is 0.533. The van der Waals surface area contributed by atoms with Crippen LogP contribution in [0.2, 0.25) is 0 Å². The number of nitriles is 1. The first-order valence-electron chi connectivity index (χ1n) is 6.69. The van der Waals surface area contributed by atoms with Crippen LogP contribution in [0.1, 0.15) is 38.2 Å². The fourth-order valence-electron chi connectivity index (χ4n) is 2.76. The van der Waals surface area contributed by atoms with Crippen LogP contribution in [0.5, 0.6) is 0 Å². The molecule has 96 valence electrons. The summed E-state index contributed by atoms with van der Waals surface area (Å²) in [5.41, 5.74) is 1.85. The summed E-state index contributed by atoms with van der Waals surface area (Å²) in [6.45, 7) is 4.42. The monoisotopic (exact) mass is 306 g/mol.